The molecule has 0 atom stereocenters. The van der Waals surface area contributed by atoms with E-state index in [-0.39, 0.29) is 5.41 Å². The molecule has 11 aromatic carbocycles. The molecule has 0 amide bonds. The maximum atomic E-state index is 2.55. The van der Waals surface area contributed by atoms with E-state index < -0.39 is 5.41 Å². The van der Waals surface area contributed by atoms with Crippen molar-refractivity contribution in [2.45, 2.75) is 24.7 Å². The molecule has 0 unspecified atom stereocenters. The fourth-order valence-corrected chi connectivity index (χ4v) is 11.8. The van der Waals surface area contributed by atoms with E-state index in [1.54, 1.807) is 0 Å². The maximum absolute atomic E-state index is 2.55. The second-order valence-electron chi connectivity index (χ2n) is 18.8. The summed E-state index contributed by atoms with van der Waals surface area (Å²) in [7, 11) is 0. The highest BCUT2D eigenvalue weighted by molar-refractivity contribution is 6.03. The van der Waals surface area contributed by atoms with E-state index in [0.717, 1.165) is 17.1 Å². The Bertz CT molecular complexity index is 3680. The van der Waals surface area contributed by atoms with Crippen LogP contribution in [0.25, 0.3) is 66.1 Å². The average Bonchev–Trinajstić information content (AvgIpc) is 3.81. The standard InChI is InChI=1S/C66H47N/c1-65(2)60-30-15-13-27-55(60)57-37-35-51(42-62(57)65)67(52-36-38-58-56-28-14-16-31-61(56)66(63(58)43-52,49-22-5-3-6-23-49)50-24-7-4-8-25-50)64-39-34-48(47-33-32-44-18-9-10-20-46(44)40-47)41-59(64)54-29-17-21-45-19-11-12-26-53(45)54/h3-43H,1-2H3. The van der Waals surface area contributed by atoms with Crippen molar-refractivity contribution in [3.8, 4) is 44.5 Å². The van der Waals surface area contributed by atoms with Gasteiger partial charge in [0, 0.05) is 22.4 Å². The van der Waals surface area contributed by atoms with Gasteiger partial charge in [0.1, 0.15) is 0 Å². The molecule has 0 radical (unpaired) electrons. The summed E-state index contributed by atoms with van der Waals surface area (Å²) < 4.78 is 0. The largest absolute Gasteiger partial charge is 0.310 e. The molecule has 1 nitrogen and oxygen atoms in total. The summed E-state index contributed by atoms with van der Waals surface area (Å²) in [6.07, 6.45) is 0. The van der Waals surface area contributed by atoms with Crippen LogP contribution in [-0.4, -0.2) is 0 Å². The Morgan fingerprint density at radius 1 is 0.299 bits per heavy atom. The molecule has 0 bridgehead atoms. The normalized spacial score (nSPS) is 13.8. The topological polar surface area (TPSA) is 3.24 Å². The lowest BCUT2D eigenvalue weighted by Crippen LogP contribution is -2.28. The minimum absolute atomic E-state index is 0.179. The number of hydrogen-bond donors (Lipinski definition) is 0. The summed E-state index contributed by atoms with van der Waals surface area (Å²) in [5, 5.41) is 4.92. The third-order valence-corrected chi connectivity index (χ3v) is 14.9. The minimum Gasteiger partial charge on any atom is -0.310 e. The highest BCUT2D eigenvalue weighted by Gasteiger charge is 2.46. The van der Waals surface area contributed by atoms with Crippen LogP contribution < -0.4 is 4.90 Å². The molecule has 0 spiro atoms. The Kier molecular flexibility index (Phi) is 8.85. The van der Waals surface area contributed by atoms with E-state index in [0.29, 0.717) is 0 Å². The van der Waals surface area contributed by atoms with Crippen LogP contribution in [0.15, 0.2) is 249 Å². The molecular formula is C66H47N. The fraction of sp³-hybridized carbons (Fsp3) is 0.0606. The third kappa shape index (κ3) is 5.94. The first kappa shape index (κ1) is 39.1. The van der Waals surface area contributed by atoms with Crippen molar-refractivity contribution >= 4 is 38.6 Å². The predicted octanol–water partition coefficient (Wildman–Crippen LogP) is 17.5. The van der Waals surface area contributed by atoms with Crippen molar-refractivity contribution < 1.29 is 0 Å². The van der Waals surface area contributed by atoms with Crippen LogP contribution in [0.1, 0.15) is 47.2 Å². The molecule has 0 aromatic heterocycles. The summed E-state index contributed by atoms with van der Waals surface area (Å²) >= 11 is 0. The van der Waals surface area contributed by atoms with Crippen LogP contribution in [0.5, 0.6) is 0 Å². The van der Waals surface area contributed by atoms with E-state index in [9.17, 15) is 0 Å². The van der Waals surface area contributed by atoms with Crippen molar-refractivity contribution in [2.75, 3.05) is 4.90 Å². The average molecular weight is 854 g/mol. The van der Waals surface area contributed by atoms with Crippen molar-refractivity contribution in [3.63, 3.8) is 0 Å². The Hall–Kier alpha value is -8.26. The lowest BCUT2D eigenvalue weighted by Gasteiger charge is -2.35. The Morgan fingerprint density at radius 2 is 0.806 bits per heavy atom. The van der Waals surface area contributed by atoms with E-state index in [1.165, 1.54) is 99.4 Å². The molecule has 11 aromatic rings. The number of rotatable bonds is 7. The maximum Gasteiger partial charge on any atom is 0.0714 e. The zero-order valence-electron chi connectivity index (χ0n) is 37.6. The Morgan fingerprint density at radius 3 is 1.54 bits per heavy atom. The van der Waals surface area contributed by atoms with Gasteiger partial charge in [-0.3, -0.25) is 0 Å². The van der Waals surface area contributed by atoms with Gasteiger partial charge in [0.25, 0.3) is 0 Å². The molecule has 2 aliphatic rings. The molecule has 0 fully saturated rings. The van der Waals surface area contributed by atoms with Gasteiger partial charge in [0.15, 0.2) is 0 Å². The lowest BCUT2D eigenvalue weighted by atomic mass is 9.67. The number of hydrogen-bond acceptors (Lipinski definition) is 1. The molecule has 0 saturated carbocycles. The summed E-state index contributed by atoms with van der Waals surface area (Å²) in [5.41, 5.74) is 20.3. The Balaban J connectivity index is 1.11. The van der Waals surface area contributed by atoms with E-state index in [2.05, 4.69) is 267 Å². The van der Waals surface area contributed by atoms with Crippen molar-refractivity contribution in [1.29, 1.82) is 0 Å². The van der Waals surface area contributed by atoms with E-state index >= 15 is 0 Å². The highest BCUT2D eigenvalue weighted by atomic mass is 15.1. The van der Waals surface area contributed by atoms with Crippen molar-refractivity contribution in [2.24, 2.45) is 0 Å². The van der Waals surface area contributed by atoms with Crippen LogP contribution in [0.4, 0.5) is 17.1 Å². The van der Waals surface area contributed by atoms with Gasteiger partial charge >= 0.3 is 0 Å². The van der Waals surface area contributed by atoms with Crippen LogP contribution in [0.3, 0.4) is 0 Å². The smallest absolute Gasteiger partial charge is 0.0714 e. The molecule has 67 heavy (non-hydrogen) atoms. The van der Waals surface area contributed by atoms with Gasteiger partial charge in [-0.1, -0.05) is 220 Å². The third-order valence-electron chi connectivity index (χ3n) is 14.9. The molecule has 0 saturated heterocycles. The molecular weight excluding hydrogens is 807 g/mol. The van der Waals surface area contributed by atoms with Gasteiger partial charge in [-0.05, 0) is 136 Å². The second-order valence-corrected chi connectivity index (χ2v) is 18.8. The molecule has 13 rings (SSSR count). The van der Waals surface area contributed by atoms with Gasteiger partial charge < -0.3 is 4.90 Å². The predicted molar refractivity (Wildman–Crippen MR) is 282 cm³/mol. The number of benzene rings is 11. The number of nitrogens with zero attached hydrogens (tertiary/aromatic N) is 1. The summed E-state index contributed by atoms with van der Waals surface area (Å²) in [5.74, 6) is 0. The Labute approximate surface area is 392 Å². The first-order valence-corrected chi connectivity index (χ1v) is 23.5. The van der Waals surface area contributed by atoms with E-state index in [4.69, 9.17) is 0 Å². The molecule has 0 aliphatic heterocycles. The van der Waals surface area contributed by atoms with Gasteiger partial charge in [0.05, 0.1) is 11.1 Å². The lowest BCUT2D eigenvalue weighted by molar-refractivity contribution is 0.660. The van der Waals surface area contributed by atoms with Crippen molar-refractivity contribution in [3.05, 3.63) is 282 Å². The summed E-state index contributed by atoms with van der Waals surface area (Å²) in [6.45, 7) is 4.76. The van der Waals surface area contributed by atoms with Gasteiger partial charge in [-0.25, -0.2) is 0 Å². The van der Waals surface area contributed by atoms with Gasteiger partial charge in [-0.2, -0.15) is 0 Å². The zero-order chi connectivity index (χ0) is 44.7. The van der Waals surface area contributed by atoms with E-state index in [1.807, 2.05) is 0 Å². The fourth-order valence-electron chi connectivity index (χ4n) is 11.8. The van der Waals surface area contributed by atoms with Crippen molar-refractivity contribution in [1.82, 2.24) is 0 Å². The number of fused-ring (bicyclic) bond motifs is 8. The van der Waals surface area contributed by atoms with Crippen LogP contribution in [0, 0.1) is 0 Å². The first-order valence-electron chi connectivity index (χ1n) is 23.5. The highest BCUT2D eigenvalue weighted by Crippen LogP contribution is 2.58. The summed E-state index contributed by atoms with van der Waals surface area (Å²) in [4.78, 5) is 2.55. The van der Waals surface area contributed by atoms with Crippen LogP contribution in [-0.2, 0) is 10.8 Å². The molecule has 1 heteroatoms. The van der Waals surface area contributed by atoms with Crippen LogP contribution >= 0.6 is 0 Å². The molecule has 0 N–H and O–H groups in total. The SMILES string of the molecule is CC1(C)c2ccccc2-c2ccc(N(c3ccc4c(c3)C(c3ccccc3)(c3ccccc3)c3ccccc3-4)c3ccc(-c4ccc5ccccc5c4)cc3-c3cccc4ccccc34)cc21. The van der Waals surface area contributed by atoms with Crippen LogP contribution in [0.2, 0.25) is 0 Å². The quantitative estimate of drug-likeness (QED) is 0.154. The monoisotopic (exact) mass is 853 g/mol. The molecule has 2 aliphatic carbocycles. The molecule has 316 valence electrons. The first-order chi connectivity index (χ1) is 33.0. The minimum atomic E-state index is -0.546. The van der Waals surface area contributed by atoms with Gasteiger partial charge in [-0.15, -0.1) is 0 Å². The zero-order valence-corrected chi connectivity index (χ0v) is 37.6. The van der Waals surface area contributed by atoms with Gasteiger partial charge in [0.2, 0.25) is 0 Å². The number of anilines is 3. The molecule has 0 heterocycles. The summed E-state index contributed by atoms with van der Waals surface area (Å²) in [6, 6.07) is 92.9. The second kappa shape index (κ2) is 15.2.